The van der Waals surface area contributed by atoms with Crippen LogP contribution in [0.25, 0.3) is 22.3 Å². The van der Waals surface area contributed by atoms with Crippen molar-refractivity contribution in [3.63, 3.8) is 0 Å². The Morgan fingerprint density at radius 3 is 2.08 bits per heavy atom. The number of hydrogen-bond donors (Lipinski definition) is 1. The molecule has 0 fully saturated rings. The Labute approximate surface area is 140 Å². The van der Waals surface area contributed by atoms with E-state index >= 15 is 0 Å². The predicted octanol–water partition coefficient (Wildman–Crippen LogP) is 4.71. The zero-order valence-electron chi connectivity index (χ0n) is 13.3. The first-order chi connectivity index (χ1) is 11.6. The quantitative estimate of drug-likeness (QED) is 0.728. The van der Waals surface area contributed by atoms with Gasteiger partial charge in [-0.1, -0.05) is 42.0 Å². The molecule has 4 rings (SSSR count). The molecule has 24 heavy (non-hydrogen) atoms. The highest BCUT2D eigenvalue weighted by Gasteiger charge is 2.22. The standard InChI is InChI=1S/C21H16FNO/c1-13-2-4-14(5-3-13)18-10-16-12-23-21(24)20(16)11-19(18)15-6-8-17(22)9-7-15/h2-11H,12H2,1H3,(H,23,24). The van der Waals surface area contributed by atoms with Crippen LogP contribution in [0.5, 0.6) is 0 Å². The minimum Gasteiger partial charge on any atom is -0.348 e. The van der Waals surface area contributed by atoms with Gasteiger partial charge >= 0.3 is 0 Å². The van der Waals surface area contributed by atoms with Crippen molar-refractivity contribution in [3.8, 4) is 22.3 Å². The molecule has 1 aliphatic heterocycles. The summed E-state index contributed by atoms with van der Waals surface area (Å²) in [4.78, 5) is 12.0. The van der Waals surface area contributed by atoms with Crippen molar-refractivity contribution in [2.45, 2.75) is 13.5 Å². The average Bonchev–Trinajstić information content (AvgIpc) is 2.96. The van der Waals surface area contributed by atoms with Gasteiger partial charge in [-0.3, -0.25) is 4.79 Å². The Morgan fingerprint density at radius 2 is 1.42 bits per heavy atom. The second-order valence-corrected chi connectivity index (χ2v) is 6.11. The van der Waals surface area contributed by atoms with E-state index in [1.54, 1.807) is 12.1 Å². The Bertz CT molecular complexity index is 927. The van der Waals surface area contributed by atoms with Crippen molar-refractivity contribution < 1.29 is 9.18 Å². The van der Waals surface area contributed by atoms with Crippen molar-refractivity contribution >= 4 is 5.91 Å². The van der Waals surface area contributed by atoms with Crippen LogP contribution in [0, 0.1) is 12.7 Å². The Kier molecular flexibility index (Phi) is 3.42. The zero-order valence-corrected chi connectivity index (χ0v) is 13.3. The summed E-state index contributed by atoms with van der Waals surface area (Å²) >= 11 is 0. The van der Waals surface area contributed by atoms with Gasteiger partial charge in [0.1, 0.15) is 5.82 Å². The highest BCUT2D eigenvalue weighted by atomic mass is 19.1. The van der Waals surface area contributed by atoms with E-state index in [0.717, 1.165) is 27.8 Å². The first kappa shape index (κ1) is 14.6. The minimum absolute atomic E-state index is 0.0520. The average molecular weight is 317 g/mol. The Balaban J connectivity index is 1.95. The van der Waals surface area contributed by atoms with Gasteiger partial charge in [-0.25, -0.2) is 4.39 Å². The lowest BCUT2D eigenvalue weighted by Crippen LogP contribution is -2.12. The lowest BCUT2D eigenvalue weighted by molar-refractivity contribution is 0.0966. The largest absolute Gasteiger partial charge is 0.348 e. The fraction of sp³-hybridized carbons (Fsp3) is 0.0952. The van der Waals surface area contributed by atoms with E-state index in [1.165, 1.54) is 17.7 Å². The topological polar surface area (TPSA) is 29.1 Å². The number of benzene rings is 3. The molecule has 0 bridgehead atoms. The summed E-state index contributed by atoms with van der Waals surface area (Å²) in [6.45, 7) is 2.60. The molecule has 1 aliphatic rings. The SMILES string of the molecule is Cc1ccc(-c2cc3c(cc2-c2ccc(F)cc2)C(=O)NC3)cc1. The molecule has 0 aliphatic carbocycles. The van der Waals surface area contributed by atoms with E-state index in [9.17, 15) is 9.18 Å². The zero-order chi connectivity index (χ0) is 16.7. The van der Waals surface area contributed by atoms with E-state index < -0.39 is 0 Å². The third kappa shape index (κ3) is 2.48. The second kappa shape index (κ2) is 5.60. The first-order valence-corrected chi connectivity index (χ1v) is 7.90. The lowest BCUT2D eigenvalue weighted by atomic mass is 9.90. The van der Waals surface area contributed by atoms with Crippen LogP contribution in [0.1, 0.15) is 21.5 Å². The molecule has 0 atom stereocenters. The van der Waals surface area contributed by atoms with Crippen LogP contribution in [-0.4, -0.2) is 5.91 Å². The molecule has 3 heteroatoms. The van der Waals surface area contributed by atoms with E-state index in [-0.39, 0.29) is 11.7 Å². The van der Waals surface area contributed by atoms with Crippen molar-refractivity contribution in [2.75, 3.05) is 0 Å². The summed E-state index contributed by atoms with van der Waals surface area (Å²) in [5, 5.41) is 2.86. The smallest absolute Gasteiger partial charge is 0.251 e. The van der Waals surface area contributed by atoms with Gasteiger partial charge in [0.05, 0.1) is 0 Å². The summed E-state index contributed by atoms with van der Waals surface area (Å²) < 4.78 is 13.3. The van der Waals surface area contributed by atoms with E-state index in [2.05, 4.69) is 42.6 Å². The predicted molar refractivity (Wildman–Crippen MR) is 93.2 cm³/mol. The van der Waals surface area contributed by atoms with Gasteiger partial charge < -0.3 is 5.32 Å². The maximum atomic E-state index is 13.3. The molecule has 118 valence electrons. The fourth-order valence-corrected chi connectivity index (χ4v) is 3.11. The second-order valence-electron chi connectivity index (χ2n) is 6.11. The van der Waals surface area contributed by atoms with Crippen molar-refractivity contribution in [1.29, 1.82) is 0 Å². The number of carbonyl (C=O) groups excluding carboxylic acids is 1. The van der Waals surface area contributed by atoms with Crippen LogP contribution < -0.4 is 5.32 Å². The molecule has 0 unspecified atom stereocenters. The molecule has 0 spiro atoms. The third-order valence-corrected chi connectivity index (χ3v) is 4.45. The molecule has 1 N–H and O–H groups in total. The summed E-state index contributed by atoms with van der Waals surface area (Å²) in [5.41, 5.74) is 6.87. The molecule has 1 heterocycles. The van der Waals surface area contributed by atoms with Crippen LogP contribution in [0.4, 0.5) is 4.39 Å². The molecule has 1 amide bonds. The van der Waals surface area contributed by atoms with Gasteiger partial charge in [0.2, 0.25) is 0 Å². The molecular formula is C21H16FNO. The molecule has 3 aromatic rings. The monoisotopic (exact) mass is 317 g/mol. The number of carbonyl (C=O) groups is 1. The maximum Gasteiger partial charge on any atom is 0.251 e. The number of halogens is 1. The van der Waals surface area contributed by atoms with Crippen LogP contribution in [-0.2, 0) is 6.54 Å². The summed E-state index contributed by atoms with van der Waals surface area (Å²) in [6.07, 6.45) is 0. The van der Waals surface area contributed by atoms with E-state index in [0.29, 0.717) is 12.1 Å². The Morgan fingerprint density at radius 1 is 0.833 bits per heavy atom. The maximum absolute atomic E-state index is 13.3. The van der Waals surface area contributed by atoms with Crippen molar-refractivity contribution in [3.05, 3.63) is 83.2 Å². The number of nitrogens with one attached hydrogen (secondary N) is 1. The van der Waals surface area contributed by atoms with Gasteiger partial charge in [-0.15, -0.1) is 0 Å². The fourth-order valence-electron chi connectivity index (χ4n) is 3.11. The van der Waals surface area contributed by atoms with Gasteiger partial charge in [0.15, 0.2) is 0 Å². The number of aryl methyl sites for hydroxylation is 1. The molecule has 3 aromatic carbocycles. The van der Waals surface area contributed by atoms with Crippen molar-refractivity contribution in [1.82, 2.24) is 5.32 Å². The number of hydrogen-bond acceptors (Lipinski definition) is 1. The number of amides is 1. The van der Waals surface area contributed by atoms with Crippen molar-refractivity contribution in [2.24, 2.45) is 0 Å². The Hall–Kier alpha value is -2.94. The van der Waals surface area contributed by atoms with Crippen LogP contribution in [0.3, 0.4) is 0 Å². The number of fused-ring (bicyclic) bond motifs is 1. The highest BCUT2D eigenvalue weighted by molar-refractivity contribution is 6.01. The van der Waals surface area contributed by atoms with Gasteiger partial charge in [-0.05, 0) is 59.0 Å². The molecule has 2 nitrogen and oxygen atoms in total. The van der Waals surface area contributed by atoms with Gasteiger partial charge in [-0.2, -0.15) is 0 Å². The molecular weight excluding hydrogens is 301 g/mol. The van der Waals surface area contributed by atoms with Gasteiger partial charge in [0.25, 0.3) is 5.91 Å². The molecule has 0 aromatic heterocycles. The van der Waals surface area contributed by atoms with E-state index in [4.69, 9.17) is 0 Å². The first-order valence-electron chi connectivity index (χ1n) is 7.90. The lowest BCUT2D eigenvalue weighted by Gasteiger charge is -2.13. The molecule has 0 saturated carbocycles. The van der Waals surface area contributed by atoms with Crippen LogP contribution in [0.2, 0.25) is 0 Å². The van der Waals surface area contributed by atoms with Crippen LogP contribution >= 0.6 is 0 Å². The third-order valence-electron chi connectivity index (χ3n) is 4.45. The van der Waals surface area contributed by atoms with Gasteiger partial charge in [0, 0.05) is 12.1 Å². The number of rotatable bonds is 2. The normalized spacial score (nSPS) is 12.8. The molecule has 0 saturated heterocycles. The summed E-state index contributed by atoms with van der Waals surface area (Å²) in [7, 11) is 0. The minimum atomic E-state index is -0.269. The summed E-state index contributed by atoms with van der Waals surface area (Å²) in [6, 6.07) is 18.7. The highest BCUT2D eigenvalue weighted by Crippen LogP contribution is 2.36. The van der Waals surface area contributed by atoms with Crippen LogP contribution in [0.15, 0.2) is 60.7 Å². The molecule has 0 radical (unpaired) electrons. The summed E-state index contributed by atoms with van der Waals surface area (Å²) in [5.74, 6) is -0.321. The van der Waals surface area contributed by atoms with E-state index in [1.807, 2.05) is 6.07 Å².